The summed E-state index contributed by atoms with van der Waals surface area (Å²) in [6, 6.07) is 13.2. The number of halogens is 1. The van der Waals surface area contributed by atoms with Gasteiger partial charge in [0, 0.05) is 34.6 Å². The van der Waals surface area contributed by atoms with E-state index in [4.69, 9.17) is 11.6 Å². The van der Waals surface area contributed by atoms with Crippen molar-refractivity contribution >= 4 is 33.7 Å². The summed E-state index contributed by atoms with van der Waals surface area (Å²) in [7, 11) is 0. The Bertz CT molecular complexity index is 939. The van der Waals surface area contributed by atoms with E-state index >= 15 is 0 Å². The van der Waals surface area contributed by atoms with Gasteiger partial charge in [0.1, 0.15) is 0 Å². The Labute approximate surface area is 149 Å². The van der Waals surface area contributed by atoms with Gasteiger partial charge in [-0.15, -0.1) is 0 Å². The number of aromatic nitrogens is 1. The number of anilines is 1. The lowest BCUT2D eigenvalue weighted by atomic mass is 10.0. The third-order valence-electron chi connectivity index (χ3n) is 4.63. The van der Waals surface area contributed by atoms with Crippen molar-refractivity contribution in [1.29, 1.82) is 0 Å². The average molecular weight is 354 g/mol. The highest BCUT2D eigenvalue weighted by atomic mass is 35.5. The normalized spacial score (nSPS) is 15.1. The molecule has 1 atom stereocenters. The summed E-state index contributed by atoms with van der Waals surface area (Å²) in [5, 5.41) is 16.9. The standard InChI is InChI=1S/C19H16ClN3O2/c20-14-5-3-13(4-6-14)19(12-1-2-12)22-17-7-8-18(23(24)25)16-11-21-10-9-15(16)17/h3-12,19,22H,1-2H2. The van der Waals surface area contributed by atoms with Gasteiger partial charge < -0.3 is 5.32 Å². The molecule has 0 bridgehead atoms. The Balaban J connectivity index is 1.75. The molecule has 1 fully saturated rings. The summed E-state index contributed by atoms with van der Waals surface area (Å²) in [5.74, 6) is 0.563. The van der Waals surface area contributed by atoms with E-state index in [0.717, 1.165) is 11.1 Å². The number of fused-ring (bicyclic) bond motifs is 1. The number of nitro benzene ring substituents is 1. The molecular formula is C19H16ClN3O2. The third kappa shape index (κ3) is 3.15. The van der Waals surface area contributed by atoms with Crippen LogP contribution in [0.15, 0.2) is 54.9 Å². The number of nitrogens with one attached hydrogen (secondary N) is 1. The number of non-ortho nitro benzene ring substituents is 1. The van der Waals surface area contributed by atoms with Crippen molar-refractivity contribution in [3.05, 3.63) is 75.6 Å². The maximum Gasteiger partial charge on any atom is 0.278 e. The van der Waals surface area contributed by atoms with Crippen LogP contribution in [0, 0.1) is 16.0 Å². The summed E-state index contributed by atoms with van der Waals surface area (Å²) >= 11 is 6.01. The molecule has 0 amide bonds. The van der Waals surface area contributed by atoms with Crippen molar-refractivity contribution in [2.24, 2.45) is 5.92 Å². The molecule has 0 aliphatic heterocycles. The van der Waals surface area contributed by atoms with Crippen LogP contribution in [0.3, 0.4) is 0 Å². The molecule has 1 aromatic heterocycles. The minimum Gasteiger partial charge on any atom is -0.377 e. The van der Waals surface area contributed by atoms with Gasteiger partial charge >= 0.3 is 0 Å². The van der Waals surface area contributed by atoms with Crippen molar-refractivity contribution in [2.75, 3.05) is 5.32 Å². The highest BCUT2D eigenvalue weighted by molar-refractivity contribution is 6.30. The van der Waals surface area contributed by atoms with E-state index in [0.29, 0.717) is 16.3 Å². The maximum absolute atomic E-state index is 11.3. The van der Waals surface area contributed by atoms with Crippen LogP contribution in [0.1, 0.15) is 24.4 Å². The fraction of sp³-hybridized carbons (Fsp3) is 0.211. The quantitative estimate of drug-likeness (QED) is 0.495. The summed E-state index contributed by atoms with van der Waals surface area (Å²) < 4.78 is 0. The first-order valence-electron chi connectivity index (χ1n) is 8.16. The SMILES string of the molecule is O=[N+]([O-])c1ccc(NC(c2ccc(Cl)cc2)C2CC2)c2ccncc12. The van der Waals surface area contributed by atoms with Gasteiger partial charge in [0.2, 0.25) is 0 Å². The van der Waals surface area contributed by atoms with Crippen molar-refractivity contribution in [2.45, 2.75) is 18.9 Å². The number of nitro groups is 1. The molecule has 126 valence electrons. The van der Waals surface area contributed by atoms with E-state index in [-0.39, 0.29) is 16.7 Å². The van der Waals surface area contributed by atoms with Gasteiger partial charge in [-0.2, -0.15) is 0 Å². The molecule has 1 aliphatic carbocycles. The molecule has 5 nitrogen and oxygen atoms in total. The molecule has 1 aliphatic rings. The van der Waals surface area contributed by atoms with Crippen LogP contribution >= 0.6 is 11.6 Å². The average Bonchev–Trinajstić information content (AvgIpc) is 3.45. The highest BCUT2D eigenvalue weighted by Crippen LogP contribution is 2.44. The van der Waals surface area contributed by atoms with E-state index in [2.05, 4.69) is 10.3 Å². The fourth-order valence-corrected chi connectivity index (χ4v) is 3.33. The number of pyridine rings is 1. The van der Waals surface area contributed by atoms with Gasteiger partial charge in [0.25, 0.3) is 5.69 Å². The Morgan fingerprint density at radius 2 is 1.88 bits per heavy atom. The Kier molecular flexibility index (Phi) is 4.01. The second kappa shape index (κ2) is 6.33. The fourth-order valence-electron chi connectivity index (χ4n) is 3.20. The van der Waals surface area contributed by atoms with E-state index in [1.165, 1.54) is 24.5 Å². The lowest BCUT2D eigenvalue weighted by Crippen LogP contribution is -2.13. The molecular weight excluding hydrogens is 338 g/mol. The smallest absolute Gasteiger partial charge is 0.278 e. The molecule has 3 aromatic rings. The monoisotopic (exact) mass is 353 g/mol. The van der Waals surface area contributed by atoms with E-state index in [1.54, 1.807) is 18.5 Å². The maximum atomic E-state index is 11.3. The number of hydrogen-bond acceptors (Lipinski definition) is 4. The molecule has 1 N–H and O–H groups in total. The van der Waals surface area contributed by atoms with Gasteiger partial charge in [0.15, 0.2) is 0 Å². The van der Waals surface area contributed by atoms with Crippen LogP contribution in [0.4, 0.5) is 11.4 Å². The lowest BCUT2D eigenvalue weighted by molar-refractivity contribution is -0.383. The minimum absolute atomic E-state index is 0.0723. The predicted molar refractivity (Wildman–Crippen MR) is 98.9 cm³/mol. The number of hydrogen-bond donors (Lipinski definition) is 1. The highest BCUT2D eigenvalue weighted by Gasteiger charge is 2.32. The molecule has 1 saturated carbocycles. The van der Waals surface area contributed by atoms with Gasteiger partial charge in [-0.3, -0.25) is 15.1 Å². The van der Waals surface area contributed by atoms with Gasteiger partial charge in [0.05, 0.1) is 16.4 Å². The number of nitrogens with zero attached hydrogens (tertiary/aromatic N) is 2. The van der Waals surface area contributed by atoms with Crippen molar-refractivity contribution in [1.82, 2.24) is 4.98 Å². The Hall–Kier alpha value is -2.66. The number of rotatable bonds is 5. The molecule has 1 heterocycles. The lowest BCUT2D eigenvalue weighted by Gasteiger charge is -2.21. The molecule has 0 spiro atoms. The van der Waals surface area contributed by atoms with Gasteiger partial charge in [-0.05, 0) is 48.6 Å². The second-order valence-electron chi connectivity index (χ2n) is 6.32. The van der Waals surface area contributed by atoms with Crippen molar-refractivity contribution in [3.63, 3.8) is 0 Å². The van der Waals surface area contributed by atoms with Crippen LogP contribution < -0.4 is 5.32 Å². The Morgan fingerprint density at radius 3 is 2.56 bits per heavy atom. The molecule has 25 heavy (non-hydrogen) atoms. The topological polar surface area (TPSA) is 68.1 Å². The molecule has 4 rings (SSSR count). The van der Waals surface area contributed by atoms with Crippen LogP contribution in [0.25, 0.3) is 10.8 Å². The second-order valence-corrected chi connectivity index (χ2v) is 6.76. The Morgan fingerprint density at radius 1 is 1.12 bits per heavy atom. The number of benzene rings is 2. The van der Waals surface area contributed by atoms with Crippen molar-refractivity contribution < 1.29 is 4.92 Å². The van der Waals surface area contributed by atoms with Gasteiger partial charge in [-0.1, -0.05) is 23.7 Å². The largest absolute Gasteiger partial charge is 0.377 e. The first-order valence-corrected chi connectivity index (χ1v) is 8.54. The first-order chi connectivity index (χ1) is 12.1. The molecule has 2 aromatic carbocycles. The summed E-state index contributed by atoms with van der Waals surface area (Å²) in [6.45, 7) is 0. The summed E-state index contributed by atoms with van der Waals surface area (Å²) in [4.78, 5) is 14.9. The molecule has 0 radical (unpaired) electrons. The van der Waals surface area contributed by atoms with Gasteiger partial charge in [-0.25, -0.2) is 0 Å². The van der Waals surface area contributed by atoms with Crippen LogP contribution in [-0.4, -0.2) is 9.91 Å². The zero-order valence-electron chi connectivity index (χ0n) is 13.4. The van der Waals surface area contributed by atoms with E-state index in [1.807, 2.05) is 30.3 Å². The minimum atomic E-state index is -0.370. The first kappa shape index (κ1) is 15.8. The third-order valence-corrected chi connectivity index (χ3v) is 4.88. The van der Waals surface area contributed by atoms with Crippen LogP contribution in [-0.2, 0) is 0 Å². The molecule has 1 unspecified atom stereocenters. The van der Waals surface area contributed by atoms with Crippen molar-refractivity contribution in [3.8, 4) is 0 Å². The molecule has 6 heteroatoms. The van der Waals surface area contributed by atoms with Crippen LogP contribution in [0.5, 0.6) is 0 Å². The van der Waals surface area contributed by atoms with E-state index in [9.17, 15) is 10.1 Å². The zero-order chi connectivity index (χ0) is 17.4. The predicted octanol–water partition coefficient (Wildman–Crippen LogP) is 5.36. The zero-order valence-corrected chi connectivity index (χ0v) is 14.1. The van der Waals surface area contributed by atoms with Crippen LogP contribution in [0.2, 0.25) is 5.02 Å². The molecule has 0 saturated heterocycles. The van der Waals surface area contributed by atoms with E-state index < -0.39 is 0 Å². The summed E-state index contributed by atoms with van der Waals surface area (Å²) in [5.41, 5.74) is 2.13. The summed E-state index contributed by atoms with van der Waals surface area (Å²) in [6.07, 6.45) is 5.55.